The van der Waals surface area contributed by atoms with Crippen molar-refractivity contribution in [3.8, 4) is 0 Å². The van der Waals surface area contributed by atoms with Crippen LogP contribution in [-0.2, 0) is 4.79 Å². The first kappa shape index (κ1) is 19.2. The Balaban J connectivity index is 1.56. The summed E-state index contributed by atoms with van der Waals surface area (Å²) in [6, 6.07) is 7.36. The average Bonchev–Trinajstić information content (AvgIpc) is 3.15. The fraction of sp³-hybridized carbons (Fsp3) is 0.476. The normalized spacial score (nSPS) is 26.6. The molecule has 0 radical (unpaired) electrons. The Morgan fingerprint density at radius 2 is 2.07 bits per heavy atom. The first-order valence-corrected chi connectivity index (χ1v) is 9.49. The average molecular weight is 367 g/mol. The molecule has 2 N–H and O–H groups in total. The smallest absolute Gasteiger partial charge is 0.303 e. The summed E-state index contributed by atoms with van der Waals surface area (Å²) in [6.07, 6.45) is 10.8. The Kier molecular flexibility index (Phi) is 6.32. The minimum atomic E-state index is -0.729. The van der Waals surface area contributed by atoms with Crippen molar-refractivity contribution in [1.82, 2.24) is 0 Å². The largest absolute Gasteiger partial charge is 0.481 e. The molecular formula is C21H25N3O3. The van der Waals surface area contributed by atoms with Crippen molar-refractivity contribution in [3.05, 3.63) is 58.0 Å². The summed E-state index contributed by atoms with van der Waals surface area (Å²) in [5, 5.41) is 22.7. The zero-order valence-electron chi connectivity index (χ0n) is 15.2. The maximum Gasteiger partial charge on any atom is 0.303 e. The topological polar surface area (TPSA) is 106 Å². The van der Waals surface area contributed by atoms with Gasteiger partial charge >= 0.3 is 5.97 Å². The third kappa shape index (κ3) is 5.00. The predicted molar refractivity (Wildman–Crippen MR) is 104 cm³/mol. The van der Waals surface area contributed by atoms with Crippen molar-refractivity contribution in [2.24, 2.45) is 22.9 Å². The zero-order valence-corrected chi connectivity index (χ0v) is 15.2. The van der Waals surface area contributed by atoms with E-state index in [0.29, 0.717) is 17.5 Å². The summed E-state index contributed by atoms with van der Waals surface area (Å²) in [6.45, 7) is 0. The summed E-state index contributed by atoms with van der Waals surface area (Å²) in [7, 11) is 0. The summed E-state index contributed by atoms with van der Waals surface area (Å²) < 4.78 is 0. The number of hydrogen-bond acceptors (Lipinski definition) is 3. The van der Waals surface area contributed by atoms with Gasteiger partial charge in [0.15, 0.2) is 0 Å². The van der Waals surface area contributed by atoms with Gasteiger partial charge in [0.25, 0.3) is 0 Å². The molecule has 4 atom stereocenters. The van der Waals surface area contributed by atoms with E-state index in [1.165, 1.54) is 5.57 Å². The van der Waals surface area contributed by atoms with Gasteiger partial charge in [0.2, 0.25) is 0 Å². The highest BCUT2D eigenvalue weighted by molar-refractivity contribution is 5.66. The highest BCUT2D eigenvalue weighted by Gasteiger charge is 2.43. The lowest BCUT2D eigenvalue weighted by Gasteiger charge is -2.18. The number of unbranched alkanes of at least 4 members (excludes halogenated alkanes) is 1. The Morgan fingerprint density at radius 3 is 2.78 bits per heavy atom. The maximum atomic E-state index is 10.6. The molecule has 1 aromatic rings. The molecular weight excluding hydrogens is 342 g/mol. The Labute approximate surface area is 158 Å². The highest BCUT2D eigenvalue weighted by Crippen LogP contribution is 2.48. The summed E-state index contributed by atoms with van der Waals surface area (Å²) in [5.41, 5.74) is 11.5. The van der Waals surface area contributed by atoms with Crippen LogP contribution in [0.5, 0.6) is 0 Å². The predicted octanol–water partition coefficient (Wildman–Crippen LogP) is 5.23. The minimum Gasteiger partial charge on any atom is -0.481 e. The van der Waals surface area contributed by atoms with Crippen LogP contribution in [0.15, 0.2) is 47.1 Å². The molecule has 142 valence electrons. The quantitative estimate of drug-likeness (QED) is 0.216. The first-order valence-electron chi connectivity index (χ1n) is 9.49. The van der Waals surface area contributed by atoms with E-state index in [1.807, 2.05) is 18.2 Å². The molecule has 2 aliphatic carbocycles. The summed E-state index contributed by atoms with van der Waals surface area (Å²) in [5.74, 6) is 0.275. The fourth-order valence-corrected chi connectivity index (χ4v) is 4.34. The van der Waals surface area contributed by atoms with Gasteiger partial charge in [0.1, 0.15) is 0 Å². The van der Waals surface area contributed by atoms with Gasteiger partial charge in [-0.25, -0.2) is 0 Å². The number of carboxylic acids is 1. The lowest BCUT2D eigenvalue weighted by atomic mass is 9.88. The lowest BCUT2D eigenvalue weighted by Crippen LogP contribution is -2.16. The van der Waals surface area contributed by atoms with Gasteiger partial charge in [-0.2, -0.15) is 0 Å². The Hall–Kier alpha value is -2.56. The monoisotopic (exact) mass is 367 g/mol. The van der Waals surface area contributed by atoms with E-state index in [-0.39, 0.29) is 18.4 Å². The van der Waals surface area contributed by atoms with Crippen LogP contribution in [0.3, 0.4) is 0 Å². The van der Waals surface area contributed by atoms with Gasteiger partial charge in [0.05, 0.1) is 6.10 Å². The number of hydrogen-bond donors (Lipinski definition) is 2. The van der Waals surface area contributed by atoms with Crippen LogP contribution < -0.4 is 0 Å². The molecule has 0 spiro atoms. The Morgan fingerprint density at radius 1 is 1.30 bits per heavy atom. The number of fused-ring (bicyclic) bond motifs is 1. The second-order valence-electron chi connectivity index (χ2n) is 7.48. The van der Waals surface area contributed by atoms with E-state index < -0.39 is 5.97 Å². The number of rotatable bonds is 8. The standard InChI is InChI=1S/C21H25N3O3/c22-24-23-17-8-5-14(6-9-17)7-10-18-19-12-15(3-1-2-4-21(26)27)11-16(19)13-20(18)25/h5-11,16,18-20,25H,1-4,12-13H2,(H,26,27)/b10-7+/t16-,18+,19-,20+/m0/s1. The Bertz CT molecular complexity index is 778. The van der Waals surface area contributed by atoms with Crippen LogP contribution in [-0.4, -0.2) is 22.3 Å². The molecule has 0 unspecified atom stereocenters. The van der Waals surface area contributed by atoms with E-state index in [0.717, 1.165) is 37.7 Å². The number of carbonyl (C=O) groups is 1. The molecule has 2 aliphatic rings. The first-order chi connectivity index (χ1) is 13.1. The van der Waals surface area contributed by atoms with Gasteiger partial charge in [-0.3, -0.25) is 4.79 Å². The minimum absolute atomic E-state index is 0.138. The molecule has 6 heteroatoms. The van der Waals surface area contributed by atoms with Crippen molar-refractivity contribution < 1.29 is 15.0 Å². The number of aliphatic hydroxyl groups excluding tert-OH is 1. The van der Waals surface area contributed by atoms with Crippen molar-refractivity contribution in [2.45, 2.75) is 44.6 Å². The molecule has 0 aliphatic heterocycles. The SMILES string of the molecule is [N-]=[N+]=Nc1ccc(/C=C/[C@@H]2[C@H]3CC(CCCCC(=O)O)=C[C@H]3C[C@H]2O)cc1. The van der Waals surface area contributed by atoms with E-state index >= 15 is 0 Å². The van der Waals surface area contributed by atoms with E-state index in [1.54, 1.807) is 12.1 Å². The van der Waals surface area contributed by atoms with Crippen LogP contribution in [0.4, 0.5) is 5.69 Å². The molecule has 0 saturated heterocycles. The van der Waals surface area contributed by atoms with Crippen molar-refractivity contribution in [1.29, 1.82) is 0 Å². The molecule has 0 amide bonds. The molecule has 3 rings (SSSR count). The van der Waals surface area contributed by atoms with Crippen LogP contribution in [0.25, 0.3) is 16.5 Å². The van der Waals surface area contributed by atoms with Crippen LogP contribution in [0.1, 0.15) is 44.1 Å². The number of aliphatic carboxylic acids is 1. The van der Waals surface area contributed by atoms with E-state index in [9.17, 15) is 9.90 Å². The van der Waals surface area contributed by atoms with Gasteiger partial charge in [-0.1, -0.05) is 53.2 Å². The third-order valence-corrected chi connectivity index (χ3v) is 5.65. The third-order valence-electron chi connectivity index (χ3n) is 5.65. The molecule has 0 aromatic heterocycles. The van der Waals surface area contributed by atoms with Crippen LogP contribution in [0.2, 0.25) is 0 Å². The van der Waals surface area contributed by atoms with E-state index in [4.69, 9.17) is 10.6 Å². The highest BCUT2D eigenvalue weighted by atomic mass is 16.4. The molecule has 1 fully saturated rings. The number of nitrogens with zero attached hydrogens (tertiary/aromatic N) is 3. The fourth-order valence-electron chi connectivity index (χ4n) is 4.34. The van der Waals surface area contributed by atoms with Crippen molar-refractivity contribution in [3.63, 3.8) is 0 Å². The number of benzene rings is 1. The van der Waals surface area contributed by atoms with E-state index in [2.05, 4.69) is 22.2 Å². The van der Waals surface area contributed by atoms with Gasteiger partial charge < -0.3 is 10.2 Å². The molecule has 6 nitrogen and oxygen atoms in total. The number of azide groups is 1. The van der Waals surface area contributed by atoms with Gasteiger partial charge in [-0.15, -0.1) is 0 Å². The molecule has 0 heterocycles. The maximum absolute atomic E-state index is 10.6. The second-order valence-corrected chi connectivity index (χ2v) is 7.48. The summed E-state index contributed by atoms with van der Waals surface area (Å²) in [4.78, 5) is 13.4. The lowest BCUT2D eigenvalue weighted by molar-refractivity contribution is -0.137. The van der Waals surface area contributed by atoms with Crippen molar-refractivity contribution >= 4 is 17.7 Å². The molecule has 1 saturated carbocycles. The number of carboxylic acid groups (broad SMARTS) is 1. The summed E-state index contributed by atoms with van der Waals surface area (Å²) >= 11 is 0. The molecule has 27 heavy (non-hydrogen) atoms. The number of allylic oxidation sites excluding steroid dienone is 2. The zero-order chi connectivity index (χ0) is 19.2. The number of aliphatic hydroxyl groups is 1. The van der Waals surface area contributed by atoms with Gasteiger partial charge in [-0.05, 0) is 55.0 Å². The molecule has 0 bridgehead atoms. The van der Waals surface area contributed by atoms with Crippen molar-refractivity contribution in [2.75, 3.05) is 0 Å². The van der Waals surface area contributed by atoms with Crippen LogP contribution >= 0.6 is 0 Å². The van der Waals surface area contributed by atoms with Gasteiger partial charge in [0, 0.05) is 22.9 Å². The molecule has 1 aromatic carbocycles. The second kappa shape index (κ2) is 8.89. The van der Waals surface area contributed by atoms with Crippen LogP contribution in [0, 0.1) is 17.8 Å².